The molecule has 1 atom stereocenters. The Labute approximate surface area is 92.4 Å². The molecule has 15 heavy (non-hydrogen) atoms. The van der Waals surface area contributed by atoms with Crippen LogP contribution >= 0.6 is 0 Å². The summed E-state index contributed by atoms with van der Waals surface area (Å²) in [4.78, 5) is 2.53. The van der Waals surface area contributed by atoms with Gasteiger partial charge < -0.3 is 14.7 Å². The molecule has 0 aromatic carbocycles. The molecule has 2 heterocycles. The average molecular weight is 213 g/mol. The van der Waals surface area contributed by atoms with Crippen molar-refractivity contribution in [3.05, 3.63) is 0 Å². The first-order chi connectivity index (χ1) is 7.38. The second kappa shape index (κ2) is 5.83. The maximum Gasteiger partial charge on any atom is 0.0702 e. The predicted molar refractivity (Wildman–Crippen MR) is 59.8 cm³/mol. The number of rotatable bonds is 4. The number of hydrogen-bond donors (Lipinski definition) is 1. The largest absolute Gasteiger partial charge is 0.396 e. The van der Waals surface area contributed by atoms with Crippen LogP contribution in [-0.2, 0) is 4.74 Å². The maximum absolute atomic E-state index is 8.88. The summed E-state index contributed by atoms with van der Waals surface area (Å²) in [6.45, 7) is 4.85. The Morgan fingerprint density at radius 1 is 1.20 bits per heavy atom. The van der Waals surface area contributed by atoms with Crippen molar-refractivity contribution in [2.75, 3.05) is 32.8 Å². The van der Waals surface area contributed by atoms with Crippen LogP contribution in [0.5, 0.6) is 0 Å². The minimum absolute atomic E-state index is 0.358. The Morgan fingerprint density at radius 2 is 2.00 bits per heavy atom. The van der Waals surface area contributed by atoms with Crippen LogP contribution < -0.4 is 0 Å². The molecule has 0 amide bonds. The highest BCUT2D eigenvalue weighted by Gasteiger charge is 2.23. The van der Waals surface area contributed by atoms with Crippen LogP contribution in [0, 0.1) is 5.92 Å². The number of aliphatic hydroxyl groups excluding tert-OH is 1. The Balaban J connectivity index is 1.64. The molecule has 2 saturated heterocycles. The van der Waals surface area contributed by atoms with Gasteiger partial charge in [0.15, 0.2) is 0 Å². The molecule has 0 unspecified atom stereocenters. The van der Waals surface area contributed by atoms with E-state index in [1.807, 2.05) is 0 Å². The third-order valence-electron chi connectivity index (χ3n) is 3.73. The molecule has 3 heteroatoms. The Kier molecular flexibility index (Phi) is 4.42. The van der Waals surface area contributed by atoms with E-state index in [1.165, 1.54) is 38.8 Å². The lowest BCUT2D eigenvalue weighted by molar-refractivity contribution is 0.0574. The van der Waals surface area contributed by atoms with Crippen LogP contribution in [0.15, 0.2) is 0 Å². The van der Waals surface area contributed by atoms with E-state index in [2.05, 4.69) is 4.90 Å². The predicted octanol–water partition coefficient (Wildman–Crippen LogP) is 1.26. The number of nitrogens with zero attached hydrogens (tertiary/aromatic N) is 1. The van der Waals surface area contributed by atoms with Gasteiger partial charge in [0.05, 0.1) is 6.10 Å². The summed E-state index contributed by atoms with van der Waals surface area (Å²) in [6.07, 6.45) is 6.50. The summed E-state index contributed by atoms with van der Waals surface area (Å²) in [5.41, 5.74) is 0. The lowest BCUT2D eigenvalue weighted by Gasteiger charge is -2.33. The highest BCUT2D eigenvalue weighted by molar-refractivity contribution is 4.76. The Bertz CT molecular complexity index is 172. The molecular weight excluding hydrogens is 190 g/mol. The van der Waals surface area contributed by atoms with Gasteiger partial charge in [-0.15, -0.1) is 0 Å². The summed E-state index contributed by atoms with van der Waals surface area (Å²) in [5, 5.41) is 8.88. The molecule has 0 bridgehead atoms. The van der Waals surface area contributed by atoms with Crippen molar-refractivity contribution >= 4 is 0 Å². The Morgan fingerprint density at radius 3 is 2.60 bits per heavy atom. The van der Waals surface area contributed by atoms with E-state index in [9.17, 15) is 0 Å². The third kappa shape index (κ3) is 3.44. The standard InChI is InChI=1S/C12H23NO2/c14-8-5-11-3-6-13(7-4-11)10-12-2-1-9-15-12/h11-12,14H,1-10H2/t12-/m1/s1. The van der Waals surface area contributed by atoms with Crippen LogP contribution in [0.1, 0.15) is 32.1 Å². The second-order valence-corrected chi connectivity index (χ2v) is 4.89. The topological polar surface area (TPSA) is 32.7 Å². The minimum Gasteiger partial charge on any atom is -0.396 e. The summed E-state index contributed by atoms with van der Waals surface area (Å²) in [7, 11) is 0. The molecule has 0 spiro atoms. The van der Waals surface area contributed by atoms with Gasteiger partial charge in [0, 0.05) is 19.8 Å². The lowest BCUT2D eigenvalue weighted by Crippen LogP contribution is -2.38. The van der Waals surface area contributed by atoms with Crippen molar-refractivity contribution in [1.82, 2.24) is 4.90 Å². The fourth-order valence-electron chi connectivity index (χ4n) is 2.72. The van der Waals surface area contributed by atoms with E-state index < -0.39 is 0 Å². The number of aliphatic hydroxyl groups is 1. The lowest BCUT2D eigenvalue weighted by atomic mass is 9.94. The van der Waals surface area contributed by atoms with E-state index in [-0.39, 0.29) is 0 Å². The molecule has 0 aliphatic carbocycles. The molecule has 2 aliphatic rings. The first kappa shape index (κ1) is 11.4. The van der Waals surface area contributed by atoms with Crippen molar-refractivity contribution in [1.29, 1.82) is 0 Å². The van der Waals surface area contributed by atoms with Crippen molar-refractivity contribution in [2.24, 2.45) is 5.92 Å². The molecule has 88 valence electrons. The number of ether oxygens (including phenoxy) is 1. The van der Waals surface area contributed by atoms with Gasteiger partial charge in [-0.2, -0.15) is 0 Å². The van der Waals surface area contributed by atoms with Gasteiger partial charge in [0.2, 0.25) is 0 Å². The highest BCUT2D eigenvalue weighted by Crippen LogP contribution is 2.22. The van der Waals surface area contributed by atoms with E-state index in [4.69, 9.17) is 9.84 Å². The van der Waals surface area contributed by atoms with Crippen molar-refractivity contribution in [3.63, 3.8) is 0 Å². The molecule has 0 saturated carbocycles. The normalized spacial score (nSPS) is 29.8. The van der Waals surface area contributed by atoms with Gasteiger partial charge in [-0.1, -0.05) is 0 Å². The number of piperidine rings is 1. The monoisotopic (exact) mass is 213 g/mol. The zero-order valence-corrected chi connectivity index (χ0v) is 9.53. The van der Waals surface area contributed by atoms with Gasteiger partial charge >= 0.3 is 0 Å². The number of likely N-dealkylation sites (tertiary alicyclic amines) is 1. The van der Waals surface area contributed by atoms with Crippen molar-refractivity contribution in [2.45, 2.75) is 38.2 Å². The van der Waals surface area contributed by atoms with E-state index in [0.29, 0.717) is 12.7 Å². The summed E-state index contributed by atoms with van der Waals surface area (Å²) < 4.78 is 5.65. The van der Waals surface area contributed by atoms with E-state index >= 15 is 0 Å². The van der Waals surface area contributed by atoms with Crippen LogP contribution in [0.2, 0.25) is 0 Å². The van der Waals surface area contributed by atoms with Gasteiger partial charge in [0.25, 0.3) is 0 Å². The van der Waals surface area contributed by atoms with Gasteiger partial charge in [-0.25, -0.2) is 0 Å². The summed E-state index contributed by atoms with van der Waals surface area (Å²) in [6, 6.07) is 0. The quantitative estimate of drug-likeness (QED) is 0.763. The van der Waals surface area contributed by atoms with E-state index in [1.54, 1.807) is 0 Å². The maximum atomic E-state index is 8.88. The number of hydrogen-bond acceptors (Lipinski definition) is 3. The second-order valence-electron chi connectivity index (χ2n) is 4.89. The average Bonchev–Trinajstić information content (AvgIpc) is 2.74. The minimum atomic E-state index is 0.358. The van der Waals surface area contributed by atoms with E-state index in [0.717, 1.165) is 25.5 Å². The van der Waals surface area contributed by atoms with Crippen molar-refractivity contribution < 1.29 is 9.84 Å². The van der Waals surface area contributed by atoms with Crippen LogP contribution in [0.3, 0.4) is 0 Å². The Hall–Kier alpha value is -0.120. The molecule has 3 nitrogen and oxygen atoms in total. The zero-order valence-electron chi connectivity index (χ0n) is 9.53. The molecule has 0 aromatic heterocycles. The van der Waals surface area contributed by atoms with Gasteiger partial charge in [-0.3, -0.25) is 0 Å². The first-order valence-electron chi connectivity index (χ1n) is 6.33. The molecule has 2 fully saturated rings. The zero-order chi connectivity index (χ0) is 10.5. The molecule has 1 N–H and O–H groups in total. The molecule has 0 radical (unpaired) electrons. The first-order valence-corrected chi connectivity index (χ1v) is 6.33. The summed E-state index contributed by atoms with van der Waals surface area (Å²) in [5.74, 6) is 0.760. The van der Waals surface area contributed by atoms with Crippen LogP contribution in [0.25, 0.3) is 0 Å². The van der Waals surface area contributed by atoms with Crippen LogP contribution in [-0.4, -0.2) is 49.0 Å². The SMILES string of the molecule is OCCC1CCN(C[C@H]2CCCO2)CC1. The smallest absolute Gasteiger partial charge is 0.0702 e. The fourth-order valence-corrected chi connectivity index (χ4v) is 2.72. The fraction of sp³-hybridized carbons (Fsp3) is 1.00. The van der Waals surface area contributed by atoms with Gasteiger partial charge in [0.1, 0.15) is 0 Å². The highest BCUT2D eigenvalue weighted by atomic mass is 16.5. The molecule has 2 rings (SSSR count). The van der Waals surface area contributed by atoms with Crippen molar-refractivity contribution in [3.8, 4) is 0 Å². The van der Waals surface area contributed by atoms with Crippen LogP contribution in [0.4, 0.5) is 0 Å². The molecule has 2 aliphatic heterocycles. The summed E-state index contributed by atoms with van der Waals surface area (Å²) >= 11 is 0. The molecule has 0 aromatic rings. The van der Waals surface area contributed by atoms with Gasteiger partial charge in [-0.05, 0) is 51.1 Å². The third-order valence-corrected chi connectivity index (χ3v) is 3.73. The molecular formula is C12H23NO2.